The molecule has 0 unspecified atom stereocenters. The van der Waals surface area contributed by atoms with Gasteiger partial charge < -0.3 is 13.7 Å². The predicted molar refractivity (Wildman–Crippen MR) is 225 cm³/mol. The number of rotatable bonds is 6. The summed E-state index contributed by atoms with van der Waals surface area (Å²) in [6.45, 7) is 0. The molecule has 258 valence electrons. The van der Waals surface area contributed by atoms with Gasteiger partial charge in [-0.3, -0.25) is 0 Å². The van der Waals surface area contributed by atoms with Gasteiger partial charge in [0.15, 0.2) is 11.2 Å². The van der Waals surface area contributed by atoms with Crippen LogP contribution in [0.1, 0.15) is 5.48 Å². The van der Waals surface area contributed by atoms with Crippen LogP contribution in [0.2, 0.25) is 0 Å². The number of aromatic nitrogens is 2. The fourth-order valence-electron chi connectivity index (χ4n) is 7.35. The molecule has 2 heterocycles. The number of hydrogen-bond acceptors (Lipinski definition) is 5. The minimum atomic E-state index is 0.0100. The van der Waals surface area contributed by atoms with Crippen molar-refractivity contribution in [1.82, 2.24) is 9.97 Å². The Bertz CT molecular complexity index is 3340. The Morgan fingerprint density at radius 2 is 0.964 bits per heavy atom. The third kappa shape index (κ3) is 5.49. The Hall–Kier alpha value is -7.50. The molecule has 0 aliphatic carbocycles. The summed E-state index contributed by atoms with van der Waals surface area (Å²) >= 11 is 0. The van der Waals surface area contributed by atoms with Crippen LogP contribution in [0, 0.1) is 0 Å². The van der Waals surface area contributed by atoms with Crippen molar-refractivity contribution in [2.45, 2.75) is 0 Å². The Labute approximate surface area is 322 Å². The van der Waals surface area contributed by atoms with Crippen LogP contribution in [0.25, 0.3) is 88.6 Å². The summed E-state index contributed by atoms with van der Waals surface area (Å²) in [4.78, 5) is 11.3. The lowest BCUT2D eigenvalue weighted by molar-refractivity contribution is 0.620. The second-order valence-electron chi connectivity index (χ2n) is 13.5. The minimum absolute atomic E-state index is 0.0100. The van der Waals surface area contributed by atoms with Crippen LogP contribution in [0.5, 0.6) is 0 Å². The molecular formula is C50H31N3O2. The van der Waals surface area contributed by atoms with Gasteiger partial charge in [0, 0.05) is 40.3 Å². The third-order valence-electron chi connectivity index (χ3n) is 10.1. The van der Waals surface area contributed by atoms with Gasteiger partial charge in [-0.15, -0.1) is 0 Å². The van der Waals surface area contributed by atoms with Gasteiger partial charge in [0.05, 0.1) is 5.48 Å². The van der Waals surface area contributed by atoms with Gasteiger partial charge in [-0.1, -0.05) is 103 Å². The van der Waals surface area contributed by atoms with Crippen LogP contribution in [0.3, 0.4) is 0 Å². The molecule has 0 spiro atoms. The van der Waals surface area contributed by atoms with Crippen LogP contribution < -0.4 is 4.90 Å². The summed E-state index contributed by atoms with van der Waals surface area (Å²) in [7, 11) is 0. The largest absolute Gasteiger partial charge is 0.436 e. The van der Waals surface area contributed by atoms with E-state index < -0.39 is 0 Å². The molecule has 11 rings (SSSR count). The van der Waals surface area contributed by atoms with Crippen molar-refractivity contribution in [1.29, 1.82) is 0 Å². The lowest BCUT2D eigenvalue weighted by atomic mass is 9.96. The van der Waals surface area contributed by atoms with Crippen LogP contribution in [0.15, 0.2) is 197 Å². The lowest BCUT2D eigenvalue weighted by Crippen LogP contribution is -2.09. The first-order valence-electron chi connectivity index (χ1n) is 20.1. The lowest BCUT2D eigenvalue weighted by Gasteiger charge is -2.25. The third-order valence-corrected chi connectivity index (χ3v) is 10.1. The maximum absolute atomic E-state index is 9.73. The number of fused-ring (bicyclic) bond motifs is 6. The Balaban J connectivity index is 1.09. The molecule has 0 saturated carbocycles. The summed E-state index contributed by atoms with van der Waals surface area (Å²) in [6, 6.07) is 52.6. The van der Waals surface area contributed by atoms with E-state index in [1.54, 1.807) is 12.1 Å². The van der Waals surface area contributed by atoms with Crippen molar-refractivity contribution in [3.05, 3.63) is 188 Å². The van der Waals surface area contributed by atoms with Crippen molar-refractivity contribution >= 4 is 71.6 Å². The second kappa shape index (κ2) is 12.6. The summed E-state index contributed by atoms with van der Waals surface area (Å²) in [5.41, 5.74) is 7.04. The molecule has 5 heteroatoms. The Kier molecular flexibility index (Phi) is 6.21. The quantitative estimate of drug-likeness (QED) is 0.161. The molecule has 0 saturated heterocycles. The van der Waals surface area contributed by atoms with E-state index in [1.807, 2.05) is 126 Å². The fourth-order valence-corrected chi connectivity index (χ4v) is 7.35. The van der Waals surface area contributed by atoms with E-state index in [4.69, 9.17) is 18.8 Å². The summed E-state index contributed by atoms with van der Waals surface area (Å²) < 4.78 is 50.6. The van der Waals surface area contributed by atoms with Crippen molar-refractivity contribution in [2.24, 2.45) is 0 Å². The molecule has 0 aliphatic rings. The zero-order chi connectivity index (χ0) is 39.8. The zero-order valence-electron chi connectivity index (χ0n) is 33.2. The van der Waals surface area contributed by atoms with E-state index in [0.717, 1.165) is 38.2 Å². The van der Waals surface area contributed by atoms with Gasteiger partial charge in [0.25, 0.3) is 0 Å². The molecule has 11 aromatic rings. The topological polar surface area (TPSA) is 55.3 Å². The molecule has 9 aromatic carbocycles. The summed E-state index contributed by atoms with van der Waals surface area (Å²) in [5.74, 6) is 0.969. The smallest absolute Gasteiger partial charge is 0.227 e. The number of hydrogen-bond donors (Lipinski definition) is 0. The maximum Gasteiger partial charge on any atom is 0.227 e. The van der Waals surface area contributed by atoms with E-state index in [2.05, 4.69) is 30.3 Å². The zero-order valence-corrected chi connectivity index (χ0v) is 29.2. The average Bonchev–Trinajstić information content (AvgIpc) is 3.91. The van der Waals surface area contributed by atoms with Gasteiger partial charge in [-0.25, -0.2) is 9.97 Å². The molecule has 0 N–H and O–H groups in total. The van der Waals surface area contributed by atoms with Crippen molar-refractivity contribution in [2.75, 3.05) is 4.90 Å². The van der Waals surface area contributed by atoms with Crippen molar-refractivity contribution in [3.63, 3.8) is 0 Å². The normalized spacial score (nSPS) is 12.7. The minimum Gasteiger partial charge on any atom is -0.436 e. The van der Waals surface area contributed by atoms with E-state index in [9.17, 15) is 5.48 Å². The highest BCUT2D eigenvalue weighted by molar-refractivity contribution is 6.09. The molecule has 0 aliphatic heterocycles. The molecule has 0 fully saturated rings. The van der Waals surface area contributed by atoms with E-state index in [-0.39, 0.29) is 34.9 Å². The summed E-state index contributed by atoms with van der Waals surface area (Å²) in [5, 5.41) is 4.80. The highest BCUT2D eigenvalue weighted by Crippen LogP contribution is 2.40. The van der Waals surface area contributed by atoms with E-state index in [1.165, 1.54) is 0 Å². The van der Waals surface area contributed by atoms with Gasteiger partial charge in [0.2, 0.25) is 11.8 Å². The number of nitrogens with zero attached hydrogens (tertiary/aromatic N) is 3. The first kappa shape index (κ1) is 27.2. The number of anilines is 3. The molecule has 0 atom stereocenters. The van der Waals surface area contributed by atoms with Crippen molar-refractivity contribution in [3.8, 4) is 34.0 Å². The molecule has 5 nitrogen and oxygen atoms in total. The molecule has 55 heavy (non-hydrogen) atoms. The molecular weight excluding hydrogens is 675 g/mol. The maximum atomic E-state index is 9.73. The Morgan fingerprint density at radius 1 is 0.400 bits per heavy atom. The molecule has 2 aromatic heterocycles. The molecule has 0 radical (unpaired) electrons. The number of oxazole rings is 2. The van der Waals surface area contributed by atoms with Crippen LogP contribution in [-0.4, -0.2) is 9.97 Å². The van der Waals surface area contributed by atoms with Crippen LogP contribution in [-0.2, 0) is 0 Å². The van der Waals surface area contributed by atoms with Crippen LogP contribution >= 0.6 is 0 Å². The highest BCUT2D eigenvalue weighted by atomic mass is 16.4. The first-order valence-corrected chi connectivity index (χ1v) is 18.1. The van der Waals surface area contributed by atoms with Gasteiger partial charge >= 0.3 is 0 Å². The SMILES string of the molecule is [2H]c1cc(N(c2ccc3nc(-c4ccccc4)oc3c2)c2ccc3nc(-c4ccccc4)oc3c2)c([2H])c2c([2H])cc(-c3ccc4ccc5ccccc5c4c3)c([2H])c12. The monoisotopic (exact) mass is 709 g/mol. The van der Waals surface area contributed by atoms with E-state index >= 15 is 0 Å². The van der Waals surface area contributed by atoms with Crippen LogP contribution in [0.4, 0.5) is 17.1 Å². The Morgan fingerprint density at radius 3 is 1.64 bits per heavy atom. The average molecular weight is 710 g/mol. The van der Waals surface area contributed by atoms with Gasteiger partial charge in [-0.05, 0) is 116 Å². The fraction of sp³-hybridized carbons (Fsp3) is 0. The van der Waals surface area contributed by atoms with Crippen molar-refractivity contribution < 1.29 is 14.3 Å². The second-order valence-corrected chi connectivity index (χ2v) is 13.5. The standard InChI is InChI=1S/C50H31N3O2/c1-3-10-34(11-4-1)49-51-45-25-23-41(30-47(45)54-49)53(42-24-26-46-48(31-42)55-50(52-46)35-12-5-2-6-13-35)40-22-21-37-27-36(19-20-38(37)28-40)39-18-17-33-16-15-32-9-7-8-14-43(32)44(33)29-39/h1-31H/i20D,21D,27D,28D. The molecule has 0 bridgehead atoms. The van der Waals surface area contributed by atoms with Gasteiger partial charge in [0.1, 0.15) is 11.0 Å². The predicted octanol–water partition coefficient (Wildman–Crippen LogP) is 13.9. The first-order chi connectivity index (χ1) is 28.9. The summed E-state index contributed by atoms with van der Waals surface area (Å²) in [6.07, 6.45) is 0. The molecule has 0 amide bonds. The highest BCUT2D eigenvalue weighted by Gasteiger charge is 2.19. The van der Waals surface area contributed by atoms with Gasteiger partial charge in [-0.2, -0.15) is 0 Å². The van der Waals surface area contributed by atoms with E-state index in [0.29, 0.717) is 56.6 Å². The number of benzene rings is 9.